The highest BCUT2D eigenvalue weighted by atomic mass is 35.5. The Bertz CT molecular complexity index is 218. The van der Waals surface area contributed by atoms with Crippen molar-refractivity contribution in [2.24, 2.45) is 11.8 Å². The Morgan fingerprint density at radius 3 is 2.85 bits per heavy atom. The van der Waals surface area contributed by atoms with E-state index >= 15 is 0 Å². The van der Waals surface area contributed by atoms with Crippen molar-refractivity contribution in [3.63, 3.8) is 0 Å². The molecule has 74 valence electrons. The predicted molar refractivity (Wildman–Crippen MR) is 53.5 cm³/mol. The summed E-state index contributed by atoms with van der Waals surface area (Å²) in [6.45, 7) is 7.62. The van der Waals surface area contributed by atoms with Gasteiger partial charge in [-0.05, 0) is 12.5 Å². The lowest BCUT2D eigenvalue weighted by atomic mass is 9.97. The maximum absolute atomic E-state index is 11.5. The number of amides is 1. The Hall–Kier alpha value is -0.540. The molecule has 0 aliphatic carbocycles. The summed E-state index contributed by atoms with van der Waals surface area (Å²) in [5.74, 6) is 0.555. The highest BCUT2D eigenvalue weighted by molar-refractivity contribution is 6.29. The van der Waals surface area contributed by atoms with Crippen molar-refractivity contribution in [1.82, 2.24) is 10.6 Å². The number of nitrogens with one attached hydrogen (secondary N) is 2. The number of hydrogen-bond donors (Lipinski definition) is 2. The van der Waals surface area contributed by atoms with Crippen LogP contribution >= 0.6 is 11.6 Å². The Kier molecular flexibility index (Phi) is 3.75. The van der Waals surface area contributed by atoms with Gasteiger partial charge in [0.1, 0.15) is 0 Å². The van der Waals surface area contributed by atoms with Gasteiger partial charge in [-0.15, -0.1) is 0 Å². The standard InChI is InChI=1S/C9H15ClN2O/c1-6-3-11-5-8(6)9(13)12-4-7(2)10/h6,8,11H,2-5H2,1H3,(H,12,13). The van der Waals surface area contributed by atoms with E-state index in [1.807, 2.05) is 0 Å². The fourth-order valence-corrected chi connectivity index (χ4v) is 1.54. The third-order valence-corrected chi connectivity index (χ3v) is 2.44. The summed E-state index contributed by atoms with van der Waals surface area (Å²) in [6.07, 6.45) is 0. The second kappa shape index (κ2) is 4.63. The zero-order chi connectivity index (χ0) is 9.84. The topological polar surface area (TPSA) is 41.1 Å². The van der Waals surface area contributed by atoms with Gasteiger partial charge in [0, 0.05) is 11.6 Å². The van der Waals surface area contributed by atoms with Gasteiger partial charge < -0.3 is 10.6 Å². The van der Waals surface area contributed by atoms with E-state index in [0.717, 1.165) is 13.1 Å². The summed E-state index contributed by atoms with van der Waals surface area (Å²) >= 11 is 5.54. The molecular weight excluding hydrogens is 188 g/mol. The van der Waals surface area contributed by atoms with Crippen LogP contribution in [0.15, 0.2) is 11.6 Å². The van der Waals surface area contributed by atoms with Crippen LogP contribution in [0.25, 0.3) is 0 Å². The van der Waals surface area contributed by atoms with Gasteiger partial charge in [0.2, 0.25) is 5.91 Å². The molecule has 2 atom stereocenters. The van der Waals surface area contributed by atoms with Crippen molar-refractivity contribution >= 4 is 17.5 Å². The molecule has 1 aliphatic rings. The number of carbonyl (C=O) groups is 1. The third-order valence-electron chi connectivity index (χ3n) is 2.31. The molecule has 0 aromatic rings. The fourth-order valence-electron chi connectivity index (χ4n) is 1.48. The van der Waals surface area contributed by atoms with E-state index in [1.165, 1.54) is 0 Å². The predicted octanol–water partition coefficient (Wildman–Crippen LogP) is 0.711. The van der Waals surface area contributed by atoms with E-state index in [1.54, 1.807) is 0 Å². The summed E-state index contributed by atoms with van der Waals surface area (Å²) in [4.78, 5) is 11.5. The van der Waals surface area contributed by atoms with Crippen LogP contribution in [-0.2, 0) is 4.79 Å². The van der Waals surface area contributed by atoms with Crippen LogP contribution in [0.5, 0.6) is 0 Å². The van der Waals surface area contributed by atoms with Crippen molar-refractivity contribution < 1.29 is 4.79 Å². The molecule has 1 heterocycles. The molecule has 3 nitrogen and oxygen atoms in total. The van der Waals surface area contributed by atoms with Crippen molar-refractivity contribution in [3.05, 3.63) is 11.6 Å². The fraction of sp³-hybridized carbons (Fsp3) is 0.667. The minimum atomic E-state index is 0.0688. The highest BCUT2D eigenvalue weighted by Gasteiger charge is 2.28. The van der Waals surface area contributed by atoms with Gasteiger partial charge in [0.05, 0.1) is 12.5 Å². The summed E-state index contributed by atoms with van der Waals surface area (Å²) in [5.41, 5.74) is 0. The average Bonchev–Trinajstić information content (AvgIpc) is 2.47. The Morgan fingerprint density at radius 1 is 1.69 bits per heavy atom. The van der Waals surface area contributed by atoms with Crippen LogP contribution in [-0.4, -0.2) is 25.5 Å². The second-order valence-corrected chi connectivity index (χ2v) is 4.01. The van der Waals surface area contributed by atoms with Crippen LogP contribution in [0.2, 0.25) is 0 Å². The molecule has 1 rings (SSSR count). The Morgan fingerprint density at radius 2 is 2.38 bits per heavy atom. The lowest BCUT2D eigenvalue weighted by Crippen LogP contribution is -2.34. The molecule has 13 heavy (non-hydrogen) atoms. The van der Waals surface area contributed by atoms with Crippen LogP contribution in [0.4, 0.5) is 0 Å². The summed E-state index contributed by atoms with van der Waals surface area (Å²) in [6, 6.07) is 0. The van der Waals surface area contributed by atoms with Crippen molar-refractivity contribution in [1.29, 1.82) is 0 Å². The minimum Gasteiger partial charge on any atom is -0.351 e. The van der Waals surface area contributed by atoms with Crippen LogP contribution < -0.4 is 10.6 Å². The van der Waals surface area contributed by atoms with Gasteiger partial charge in [-0.3, -0.25) is 4.79 Å². The quantitative estimate of drug-likeness (QED) is 0.708. The van der Waals surface area contributed by atoms with Crippen molar-refractivity contribution in [2.45, 2.75) is 6.92 Å². The van der Waals surface area contributed by atoms with Crippen LogP contribution in [0.3, 0.4) is 0 Å². The maximum Gasteiger partial charge on any atom is 0.225 e. The van der Waals surface area contributed by atoms with Gasteiger partial charge >= 0.3 is 0 Å². The number of carbonyl (C=O) groups excluding carboxylic acids is 1. The van der Waals surface area contributed by atoms with E-state index in [4.69, 9.17) is 11.6 Å². The summed E-state index contributed by atoms with van der Waals surface area (Å²) < 4.78 is 0. The van der Waals surface area contributed by atoms with E-state index in [2.05, 4.69) is 24.1 Å². The molecule has 2 N–H and O–H groups in total. The zero-order valence-corrected chi connectivity index (χ0v) is 8.53. The van der Waals surface area contributed by atoms with Crippen LogP contribution in [0, 0.1) is 11.8 Å². The normalized spacial score (nSPS) is 27.2. The SMILES string of the molecule is C=C(Cl)CNC(=O)C1CNCC1C. The molecule has 1 fully saturated rings. The van der Waals surface area contributed by atoms with Gasteiger partial charge in [-0.25, -0.2) is 0 Å². The molecule has 0 aromatic carbocycles. The van der Waals surface area contributed by atoms with Gasteiger partial charge in [-0.2, -0.15) is 0 Å². The lowest BCUT2D eigenvalue weighted by molar-refractivity contribution is -0.125. The molecule has 4 heteroatoms. The first kappa shape index (κ1) is 10.5. The molecule has 0 saturated carbocycles. The Balaban J connectivity index is 2.34. The molecule has 0 bridgehead atoms. The Labute approximate surface area is 83.5 Å². The van der Waals surface area contributed by atoms with Gasteiger partial charge in [0.15, 0.2) is 0 Å². The summed E-state index contributed by atoms with van der Waals surface area (Å²) in [7, 11) is 0. The van der Waals surface area contributed by atoms with E-state index in [-0.39, 0.29) is 11.8 Å². The van der Waals surface area contributed by atoms with E-state index in [9.17, 15) is 4.79 Å². The van der Waals surface area contributed by atoms with Gasteiger partial charge in [0.25, 0.3) is 0 Å². The molecule has 1 saturated heterocycles. The number of halogens is 1. The maximum atomic E-state index is 11.5. The first-order chi connectivity index (χ1) is 6.11. The zero-order valence-electron chi connectivity index (χ0n) is 7.77. The monoisotopic (exact) mass is 202 g/mol. The first-order valence-electron chi connectivity index (χ1n) is 4.43. The minimum absolute atomic E-state index is 0.0688. The average molecular weight is 203 g/mol. The number of rotatable bonds is 3. The molecule has 1 amide bonds. The van der Waals surface area contributed by atoms with Crippen LogP contribution in [0.1, 0.15) is 6.92 Å². The smallest absolute Gasteiger partial charge is 0.225 e. The molecule has 0 spiro atoms. The molecule has 1 aliphatic heterocycles. The first-order valence-corrected chi connectivity index (χ1v) is 4.80. The van der Waals surface area contributed by atoms with Gasteiger partial charge in [-0.1, -0.05) is 25.1 Å². The molecule has 0 aromatic heterocycles. The molecule has 2 unspecified atom stereocenters. The summed E-state index contributed by atoms with van der Waals surface area (Å²) in [5, 5.41) is 6.38. The third kappa shape index (κ3) is 3.01. The van der Waals surface area contributed by atoms with E-state index < -0.39 is 0 Å². The highest BCUT2D eigenvalue weighted by Crippen LogP contribution is 2.15. The van der Waals surface area contributed by atoms with E-state index in [0.29, 0.717) is 17.5 Å². The number of hydrogen-bond acceptors (Lipinski definition) is 2. The second-order valence-electron chi connectivity index (χ2n) is 3.48. The molecule has 0 radical (unpaired) electrons. The lowest BCUT2D eigenvalue weighted by Gasteiger charge is -2.13. The van der Waals surface area contributed by atoms with Crippen molar-refractivity contribution in [2.75, 3.05) is 19.6 Å². The largest absolute Gasteiger partial charge is 0.351 e. The van der Waals surface area contributed by atoms with Crippen molar-refractivity contribution in [3.8, 4) is 0 Å². The molecular formula is C9H15ClN2O.